The number of benzene rings is 1. The van der Waals surface area contributed by atoms with Gasteiger partial charge in [0.15, 0.2) is 0 Å². The van der Waals surface area contributed by atoms with Gasteiger partial charge in [0.25, 0.3) is 5.91 Å². The number of nitrogens with one attached hydrogen (secondary N) is 1. The van der Waals surface area contributed by atoms with Crippen LogP contribution in [0.1, 0.15) is 24.2 Å². The number of ether oxygens (including phenoxy) is 1. The zero-order chi connectivity index (χ0) is 17.0. The summed E-state index contributed by atoms with van der Waals surface area (Å²) in [4.78, 5) is 14.3. The number of nitrogens with zero attached hydrogens (tertiary/aromatic N) is 1. The fourth-order valence-electron chi connectivity index (χ4n) is 2.52. The zero-order valence-corrected chi connectivity index (χ0v) is 14.0. The van der Waals surface area contributed by atoms with Gasteiger partial charge in [-0.2, -0.15) is 4.72 Å². The zero-order valence-electron chi connectivity index (χ0n) is 13.2. The average molecular weight is 336 g/mol. The maximum atomic E-state index is 12.5. The Morgan fingerprint density at radius 3 is 2.39 bits per heavy atom. The van der Waals surface area contributed by atoms with Crippen molar-refractivity contribution in [2.45, 2.75) is 31.0 Å². The Morgan fingerprint density at radius 1 is 1.30 bits per heavy atom. The van der Waals surface area contributed by atoms with E-state index in [0.29, 0.717) is 18.7 Å². The maximum absolute atomic E-state index is 12.5. The van der Waals surface area contributed by atoms with E-state index in [9.17, 15) is 13.2 Å². The van der Waals surface area contributed by atoms with Crippen LogP contribution in [0.4, 0.5) is 0 Å². The standard InChI is InChI=1S/C16H20N2O4S/c1-4-9-17-23(20,21)15-7-5-14(6-8-15)16(19)18-10-12(2)22-13(3)11-18/h1,5-8,12-13,17H,9-11H2,2-3H3/t12-,13-/m0/s1. The molecule has 7 heteroatoms. The quantitative estimate of drug-likeness (QED) is 0.827. The summed E-state index contributed by atoms with van der Waals surface area (Å²) in [5.41, 5.74) is 0.446. The second-order valence-corrected chi connectivity index (χ2v) is 7.29. The van der Waals surface area contributed by atoms with Gasteiger partial charge in [-0.1, -0.05) is 5.92 Å². The van der Waals surface area contributed by atoms with Gasteiger partial charge >= 0.3 is 0 Å². The van der Waals surface area contributed by atoms with E-state index in [0.717, 1.165) is 0 Å². The highest BCUT2D eigenvalue weighted by Crippen LogP contribution is 2.16. The Balaban J connectivity index is 2.13. The molecule has 0 unspecified atom stereocenters. The SMILES string of the molecule is C#CCNS(=O)(=O)c1ccc(C(=O)N2C[C@H](C)O[C@@H](C)C2)cc1. The predicted octanol–water partition coefficient (Wildman–Crippen LogP) is 0.847. The third-order valence-electron chi connectivity index (χ3n) is 3.48. The molecule has 1 amide bonds. The molecule has 2 atom stereocenters. The number of sulfonamides is 1. The lowest BCUT2D eigenvalue weighted by molar-refractivity contribution is -0.0586. The minimum absolute atomic E-state index is 0.0182. The Labute approximate surface area is 136 Å². The molecule has 6 nitrogen and oxygen atoms in total. The number of hydrogen-bond donors (Lipinski definition) is 1. The lowest BCUT2D eigenvalue weighted by Crippen LogP contribution is -2.48. The van der Waals surface area contributed by atoms with Gasteiger partial charge in [0.05, 0.1) is 23.6 Å². The highest BCUT2D eigenvalue weighted by Gasteiger charge is 2.26. The molecule has 0 radical (unpaired) electrons. The predicted molar refractivity (Wildman–Crippen MR) is 86.4 cm³/mol. The van der Waals surface area contributed by atoms with Gasteiger partial charge < -0.3 is 9.64 Å². The molecule has 1 N–H and O–H groups in total. The number of morpholine rings is 1. The van der Waals surface area contributed by atoms with Crippen molar-refractivity contribution in [1.82, 2.24) is 9.62 Å². The van der Waals surface area contributed by atoms with Gasteiger partial charge in [0, 0.05) is 18.7 Å². The van der Waals surface area contributed by atoms with Crippen molar-refractivity contribution in [2.24, 2.45) is 0 Å². The lowest BCUT2D eigenvalue weighted by atomic mass is 10.1. The molecule has 0 aliphatic carbocycles. The Bertz CT molecular complexity index is 697. The molecule has 1 aromatic rings. The van der Waals surface area contributed by atoms with Crippen LogP contribution >= 0.6 is 0 Å². The van der Waals surface area contributed by atoms with Crippen LogP contribution < -0.4 is 4.72 Å². The van der Waals surface area contributed by atoms with Crippen LogP contribution in [0, 0.1) is 12.3 Å². The average Bonchev–Trinajstić information content (AvgIpc) is 2.51. The molecular formula is C16H20N2O4S. The fourth-order valence-corrected chi connectivity index (χ4v) is 3.46. The van der Waals surface area contributed by atoms with Crippen LogP contribution in [0.25, 0.3) is 0 Å². The Hall–Kier alpha value is -1.88. The van der Waals surface area contributed by atoms with E-state index in [-0.39, 0.29) is 29.6 Å². The molecule has 1 saturated heterocycles. The van der Waals surface area contributed by atoms with Gasteiger partial charge in [0.1, 0.15) is 0 Å². The first-order valence-electron chi connectivity index (χ1n) is 7.31. The number of carbonyl (C=O) groups is 1. The van der Waals surface area contributed by atoms with Crippen LogP contribution in [-0.4, -0.2) is 51.1 Å². The van der Waals surface area contributed by atoms with E-state index in [2.05, 4.69) is 10.6 Å². The first kappa shape index (κ1) is 17.5. The van der Waals surface area contributed by atoms with Crippen molar-refractivity contribution in [2.75, 3.05) is 19.6 Å². The van der Waals surface area contributed by atoms with Crippen molar-refractivity contribution in [3.05, 3.63) is 29.8 Å². The van der Waals surface area contributed by atoms with Crippen molar-refractivity contribution in [3.63, 3.8) is 0 Å². The minimum atomic E-state index is -3.64. The topological polar surface area (TPSA) is 75.7 Å². The summed E-state index contributed by atoms with van der Waals surface area (Å²) in [5, 5.41) is 0. The van der Waals surface area contributed by atoms with E-state index in [1.54, 1.807) is 4.90 Å². The van der Waals surface area contributed by atoms with Crippen molar-refractivity contribution in [3.8, 4) is 12.3 Å². The number of rotatable bonds is 4. The fraction of sp³-hybridized carbons (Fsp3) is 0.438. The van der Waals surface area contributed by atoms with Crippen LogP contribution in [0.2, 0.25) is 0 Å². The van der Waals surface area contributed by atoms with Crippen LogP contribution in [0.15, 0.2) is 29.2 Å². The molecular weight excluding hydrogens is 316 g/mol. The second-order valence-electron chi connectivity index (χ2n) is 5.52. The minimum Gasteiger partial charge on any atom is -0.372 e. The molecule has 1 aliphatic rings. The molecule has 124 valence electrons. The number of hydrogen-bond acceptors (Lipinski definition) is 4. The summed E-state index contributed by atoms with van der Waals surface area (Å²) in [6, 6.07) is 5.83. The van der Waals surface area contributed by atoms with E-state index >= 15 is 0 Å². The highest BCUT2D eigenvalue weighted by molar-refractivity contribution is 7.89. The van der Waals surface area contributed by atoms with Crippen molar-refractivity contribution in [1.29, 1.82) is 0 Å². The Kier molecular flexibility index (Phi) is 5.42. The summed E-state index contributed by atoms with van der Waals surface area (Å²) in [6.07, 6.45) is 5.01. The first-order chi connectivity index (χ1) is 10.8. The molecule has 1 fully saturated rings. The van der Waals surface area contributed by atoms with Gasteiger partial charge in [-0.3, -0.25) is 4.79 Å². The molecule has 1 heterocycles. The van der Waals surface area contributed by atoms with Gasteiger partial charge in [0.2, 0.25) is 10.0 Å². The Morgan fingerprint density at radius 2 is 1.87 bits per heavy atom. The first-order valence-corrected chi connectivity index (χ1v) is 8.79. The van der Waals surface area contributed by atoms with E-state index in [1.165, 1.54) is 24.3 Å². The van der Waals surface area contributed by atoms with E-state index < -0.39 is 10.0 Å². The number of amides is 1. The third kappa shape index (κ3) is 4.32. The van der Waals surface area contributed by atoms with E-state index in [1.807, 2.05) is 13.8 Å². The molecule has 0 saturated carbocycles. The number of terminal acetylenes is 1. The van der Waals surface area contributed by atoms with Crippen LogP contribution in [0.5, 0.6) is 0 Å². The molecule has 0 aromatic heterocycles. The summed E-state index contributed by atoms with van der Waals surface area (Å²) in [6.45, 7) is 4.80. The maximum Gasteiger partial charge on any atom is 0.254 e. The molecule has 23 heavy (non-hydrogen) atoms. The molecule has 1 aromatic carbocycles. The number of carbonyl (C=O) groups excluding carboxylic acids is 1. The largest absolute Gasteiger partial charge is 0.372 e. The molecule has 2 rings (SSSR count). The third-order valence-corrected chi connectivity index (χ3v) is 4.90. The lowest BCUT2D eigenvalue weighted by Gasteiger charge is -2.35. The molecule has 0 bridgehead atoms. The van der Waals surface area contributed by atoms with Crippen LogP contribution in [-0.2, 0) is 14.8 Å². The highest BCUT2D eigenvalue weighted by atomic mass is 32.2. The summed E-state index contributed by atoms with van der Waals surface area (Å²) in [7, 11) is -3.64. The normalized spacial score (nSPS) is 21.7. The summed E-state index contributed by atoms with van der Waals surface area (Å²) in [5.74, 6) is 2.08. The van der Waals surface area contributed by atoms with Gasteiger partial charge in [-0.05, 0) is 38.1 Å². The van der Waals surface area contributed by atoms with Crippen molar-refractivity contribution < 1.29 is 17.9 Å². The molecule has 0 spiro atoms. The monoisotopic (exact) mass is 336 g/mol. The smallest absolute Gasteiger partial charge is 0.254 e. The van der Waals surface area contributed by atoms with Crippen LogP contribution in [0.3, 0.4) is 0 Å². The van der Waals surface area contributed by atoms with E-state index in [4.69, 9.17) is 11.2 Å². The summed E-state index contributed by atoms with van der Waals surface area (Å²) >= 11 is 0. The summed E-state index contributed by atoms with van der Waals surface area (Å²) < 4.78 is 31.8. The second kappa shape index (κ2) is 7.13. The van der Waals surface area contributed by atoms with Crippen molar-refractivity contribution >= 4 is 15.9 Å². The van der Waals surface area contributed by atoms with Gasteiger partial charge in [-0.25, -0.2) is 8.42 Å². The molecule has 1 aliphatic heterocycles. The van der Waals surface area contributed by atoms with Gasteiger partial charge in [-0.15, -0.1) is 6.42 Å².